The molecule has 2 atom stereocenters. The van der Waals surface area contributed by atoms with Gasteiger partial charge in [0, 0.05) is 11.6 Å². The molecule has 1 heteroatoms. The van der Waals surface area contributed by atoms with E-state index in [4.69, 9.17) is 0 Å². The van der Waals surface area contributed by atoms with E-state index in [1.54, 1.807) is 0 Å². The highest BCUT2D eigenvalue weighted by molar-refractivity contribution is 4.97. The van der Waals surface area contributed by atoms with Crippen molar-refractivity contribution in [2.24, 2.45) is 11.8 Å². The Morgan fingerprint density at radius 1 is 1.07 bits per heavy atom. The van der Waals surface area contributed by atoms with Gasteiger partial charge in [0.05, 0.1) is 0 Å². The van der Waals surface area contributed by atoms with Crippen LogP contribution in [0.3, 0.4) is 0 Å². The van der Waals surface area contributed by atoms with Crippen LogP contribution in [0.25, 0.3) is 0 Å². The normalized spacial score (nSPS) is 39.8. The third-order valence-corrected chi connectivity index (χ3v) is 4.68. The van der Waals surface area contributed by atoms with Crippen molar-refractivity contribution in [3.05, 3.63) is 0 Å². The molecule has 0 aromatic heterocycles. The maximum atomic E-state index is 3.98. The van der Waals surface area contributed by atoms with Crippen LogP contribution in [-0.4, -0.2) is 11.6 Å². The minimum atomic E-state index is 0.543. The van der Waals surface area contributed by atoms with Crippen LogP contribution >= 0.6 is 0 Å². The molecule has 0 aromatic carbocycles. The Morgan fingerprint density at radius 3 is 2.07 bits per heavy atom. The predicted molar refractivity (Wildman–Crippen MR) is 66.0 cm³/mol. The van der Waals surface area contributed by atoms with E-state index >= 15 is 0 Å². The Balaban J connectivity index is 1.87. The minimum absolute atomic E-state index is 0.543. The highest BCUT2D eigenvalue weighted by atomic mass is 15.0. The predicted octanol–water partition coefficient (Wildman–Crippen LogP) is 3.73. The van der Waals surface area contributed by atoms with E-state index in [1.165, 1.54) is 44.9 Å². The van der Waals surface area contributed by atoms with Gasteiger partial charge in [-0.3, -0.25) is 0 Å². The van der Waals surface area contributed by atoms with Gasteiger partial charge >= 0.3 is 0 Å². The maximum Gasteiger partial charge on any atom is 0.0181 e. The van der Waals surface area contributed by atoms with Gasteiger partial charge in [-0.05, 0) is 56.8 Å². The van der Waals surface area contributed by atoms with Crippen LogP contribution in [0.5, 0.6) is 0 Å². The summed E-state index contributed by atoms with van der Waals surface area (Å²) in [6.45, 7) is 7.19. The van der Waals surface area contributed by atoms with Crippen LogP contribution < -0.4 is 5.32 Å². The zero-order valence-corrected chi connectivity index (χ0v) is 10.7. The van der Waals surface area contributed by atoms with E-state index in [9.17, 15) is 0 Å². The smallest absolute Gasteiger partial charge is 0.0181 e. The molecule has 2 unspecified atom stereocenters. The van der Waals surface area contributed by atoms with Gasteiger partial charge in [0.25, 0.3) is 0 Å². The average molecular weight is 209 g/mol. The first kappa shape index (κ1) is 11.4. The molecule has 0 amide bonds. The van der Waals surface area contributed by atoms with Gasteiger partial charge in [-0.15, -0.1) is 0 Å². The summed E-state index contributed by atoms with van der Waals surface area (Å²) in [5.41, 5.74) is 0.543. The third kappa shape index (κ3) is 2.55. The summed E-state index contributed by atoms with van der Waals surface area (Å²) in [5.74, 6) is 1.86. The molecule has 2 saturated carbocycles. The average Bonchev–Trinajstić information content (AvgIpc) is 2.10. The number of nitrogens with one attached hydrogen (secondary N) is 1. The molecule has 88 valence electrons. The van der Waals surface area contributed by atoms with Gasteiger partial charge in [0.15, 0.2) is 0 Å². The van der Waals surface area contributed by atoms with Gasteiger partial charge < -0.3 is 5.32 Å². The summed E-state index contributed by atoms with van der Waals surface area (Å²) in [4.78, 5) is 0. The lowest BCUT2D eigenvalue weighted by molar-refractivity contribution is 0.120. The molecule has 0 aliphatic heterocycles. The molecule has 0 heterocycles. The van der Waals surface area contributed by atoms with Gasteiger partial charge in [-0.1, -0.05) is 20.8 Å². The highest BCUT2D eigenvalue weighted by Crippen LogP contribution is 2.38. The van der Waals surface area contributed by atoms with Crippen molar-refractivity contribution in [1.29, 1.82) is 0 Å². The Hall–Kier alpha value is -0.0400. The summed E-state index contributed by atoms with van der Waals surface area (Å²) in [6, 6.07) is 0.809. The standard InChI is InChI=1S/C14H27N/c1-4-14(6-5-7-14)15-13-9-11(2)8-12(3)10-13/h11-13,15H,4-10H2,1-3H3. The molecule has 0 radical (unpaired) electrons. The molecule has 0 aromatic rings. The van der Waals surface area contributed by atoms with E-state index in [0.29, 0.717) is 5.54 Å². The van der Waals surface area contributed by atoms with E-state index < -0.39 is 0 Å². The van der Waals surface area contributed by atoms with Crippen molar-refractivity contribution in [2.75, 3.05) is 0 Å². The number of hydrogen-bond donors (Lipinski definition) is 1. The Labute approximate surface area is 95.0 Å². The molecule has 2 aliphatic carbocycles. The van der Waals surface area contributed by atoms with Crippen molar-refractivity contribution >= 4 is 0 Å². The van der Waals surface area contributed by atoms with Crippen molar-refractivity contribution in [1.82, 2.24) is 5.32 Å². The van der Waals surface area contributed by atoms with E-state index in [-0.39, 0.29) is 0 Å². The van der Waals surface area contributed by atoms with Gasteiger partial charge in [-0.2, -0.15) is 0 Å². The van der Waals surface area contributed by atoms with E-state index in [0.717, 1.165) is 17.9 Å². The van der Waals surface area contributed by atoms with Crippen molar-refractivity contribution in [2.45, 2.75) is 77.3 Å². The molecule has 15 heavy (non-hydrogen) atoms. The van der Waals surface area contributed by atoms with Crippen LogP contribution in [0, 0.1) is 11.8 Å². The highest BCUT2D eigenvalue weighted by Gasteiger charge is 2.37. The summed E-state index contributed by atoms with van der Waals surface area (Å²) in [6.07, 6.45) is 9.87. The molecule has 2 rings (SSSR count). The Kier molecular flexibility index (Phi) is 3.39. The van der Waals surface area contributed by atoms with Crippen LogP contribution in [0.1, 0.15) is 65.7 Å². The zero-order valence-electron chi connectivity index (χ0n) is 10.7. The van der Waals surface area contributed by atoms with Crippen molar-refractivity contribution < 1.29 is 0 Å². The lowest BCUT2D eigenvalue weighted by atomic mass is 9.72. The van der Waals surface area contributed by atoms with Crippen molar-refractivity contribution in [3.8, 4) is 0 Å². The lowest BCUT2D eigenvalue weighted by Gasteiger charge is -2.47. The molecule has 1 N–H and O–H groups in total. The Bertz CT molecular complexity index is 192. The molecule has 2 aliphatic rings. The second-order valence-corrected chi connectivity index (χ2v) is 6.25. The lowest BCUT2D eigenvalue weighted by Crippen LogP contribution is -2.55. The second-order valence-electron chi connectivity index (χ2n) is 6.25. The van der Waals surface area contributed by atoms with Crippen LogP contribution in [0.2, 0.25) is 0 Å². The maximum absolute atomic E-state index is 3.98. The van der Waals surface area contributed by atoms with Gasteiger partial charge in [-0.25, -0.2) is 0 Å². The van der Waals surface area contributed by atoms with E-state index in [1.807, 2.05) is 0 Å². The summed E-state index contributed by atoms with van der Waals surface area (Å²) >= 11 is 0. The first-order valence-corrected chi connectivity index (χ1v) is 6.91. The van der Waals surface area contributed by atoms with Crippen LogP contribution in [0.4, 0.5) is 0 Å². The van der Waals surface area contributed by atoms with Crippen LogP contribution in [-0.2, 0) is 0 Å². The summed E-state index contributed by atoms with van der Waals surface area (Å²) in [5, 5.41) is 3.98. The zero-order chi connectivity index (χ0) is 10.9. The monoisotopic (exact) mass is 209 g/mol. The largest absolute Gasteiger partial charge is 0.308 e. The minimum Gasteiger partial charge on any atom is -0.308 e. The molecule has 2 fully saturated rings. The number of rotatable bonds is 3. The fraction of sp³-hybridized carbons (Fsp3) is 1.00. The summed E-state index contributed by atoms with van der Waals surface area (Å²) in [7, 11) is 0. The topological polar surface area (TPSA) is 12.0 Å². The SMILES string of the molecule is CCC1(NC2CC(C)CC(C)C2)CCC1. The third-order valence-electron chi connectivity index (χ3n) is 4.68. The van der Waals surface area contributed by atoms with E-state index in [2.05, 4.69) is 26.1 Å². The first-order valence-electron chi connectivity index (χ1n) is 6.91. The molecule has 1 nitrogen and oxygen atoms in total. The molecule has 0 bridgehead atoms. The quantitative estimate of drug-likeness (QED) is 0.747. The second kappa shape index (κ2) is 4.45. The van der Waals surface area contributed by atoms with Crippen molar-refractivity contribution in [3.63, 3.8) is 0 Å². The Morgan fingerprint density at radius 2 is 1.67 bits per heavy atom. The molecular weight excluding hydrogens is 182 g/mol. The molecular formula is C14H27N. The molecule has 0 saturated heterocycles. The molecule has 0 spiro atoms. The van der Waals surface area contributed by atoms with Gasteiger partial charge in [0.2, 0.25) is 0 Å². The first-order chi connectivity index (χ1) is 7.13. The summed E-state index contributed by atoms with van der Waals surface area (Å²) < 4.78 is 0. The van der Waals surface area contributed by atoms with Gasteiger partial charge in [0.1, 0.15) is 0 Å². The fourth-order valence-electron chi connectivity index (χ4n) is 3.70. The fourth-order valence-corrected chi connectivity index (χ4v) is 3.70. The number of hydrogen-bond acceptors (Lipinski definition) is 1. The van der Waals surface area contributed by atoms with Crippen LogP contribution in [0.15, 0.2) is 0 Å².